The van der Waals surface area contributed by atoms with Crippen LogP contribution in [-0.4, -0.2) is 12.6 Å². The first-order valence-electron chi connectivity index (χ1n) is 4.60. The van der Waals surface area contributed by atoms with Crippen LogP contribution < -0.4 is 16.2 Å². The maximum absolute atomic E-state index is 5.99. The Balaban J connectivity index is 2.77. The molecule has 4 nitrogen and oxygen atoms in total. The van der Waals surface area contributed by atoms with Crippen LogP contribution in [0.15, 0.2) is 23.2 Å². The fraction of sp³-hybridized carbons (Fsp3) is 0.300. The number of nitrogens with two attached hydrogens (primary N) is 2. The van der Waals surface area contributed by atoms with Crippen LogP contribution in [0.3, 0.4) is 0 Å². The van der Waals surface area contributed by atoms with Crippen molar-refractivity contribution in [2.45, 2.75) is 13.5 Å². The molecular formula is C10H14ClN3O. The van der Waals surface area contributed by atoms with E-state index in [1.54, 1.807) is 6.07 Å². The molecule has 5 heteroatoms. The zero-order chi connectivity index (χ0) is 11.3. The molecule has 1 rings (SSSR count). The molecule has 0 aliphatic rings. The third kappa shape index (κ3) is 3.67. The zero-order valence-electron chi connectivity index (χ0n) is 8.53. The van der Waals surface area contributed by atoms with Gasteiger partial charge < -0.3 is 16.2 Å². The van der Waals surface area contributed by atoms with Crippen molar-refractivity contribution < 1.29 is 4.74 Å². The van der Waals surface area contributed by atoms with Crippen LogP contribution in [0.2, 0.25) is 5.02 Å². The molecule has 0 saturated carbocycles. The van der Waals surface area contributed by atoms with Gasteiger partial charge in [0.15, 0.2) is 5.96 Å². The van der Waals surface area contributed by atoms with E-state index in [0.717, 1.165) is 5.56 Å². The highest BCUT2D eigenvalue weighted by Crippen LogP contribution is 2.25. The largest absolute Gasteiger partial charge is 0.492 e. The first kappa shape index (κ1) is 11.7. The van der Waals surface area contributed by atoms with Crippen LogP contribution in [0.1, 0.15) is 12.5 Å². The number of rotatable bonds is 4. The van der Waals surface area contributed by atoms with Crippen LogP contribution in [0.25, 0.3) is 0 Å². The van der Waals surface area contributed by atoms with E-state index in [1.807, 2.05) is 19.1 Å². The topological polar surface area (TPSA) is 73.6 Å². The maximum atomic E-state index is 5.99. The summed E-state index contributed by atoms with van der Waals surface area (Å²) in [5, 5.41) is 0.570. The predicted octanol–water partition coefficient (Wildman–Crippen LogP) is 1.51. The highest BCUT2D eigenvalue weighted by Gasteiger charge is 2.01. The van der Waals surface area contributed by atoms with Gasteiger partial charge in [-0.05, 0) is 24.6 Å². The summed E-state index contributed by atoms with van der Waals surface area (Å²) in [6.45, 7) is 2.92. The molecule has 0 heterocycles. The first-order chi connectivity index (χ1) is 7.13. The molecular weight excluding hydrogens is 214 g/mol. The minimum absolute atomic E-state index is 0.0695. The number of ether oxygens (including phenoxy) is 1. The Hall–Kier alpha value is -1.42. The van der Waals surface area contributed by atoms with Crippen molar-refractivity contribution >= 4 is 17.6 Å². The summed E-state index contributed by atoms with van der Waals surface area (Å²) in [7, 11) is 0. The third-order valence-corrected chi connectivity index (χ3v) is 2.04. The van der Waals surface area contributed by atoms with Crippen molar-refractivity contribution in [2.75, 3.05) is 6.61 Å². The van der Waals surface area contributed by atoms with Crippen molar-refractivity contribution in [3.8, 4) is 5.75 Å². The van der Waals surface area contributed by atoms with Gasteiger partial charge in [-0.1, -0.05) is 17.7 Å². The summed E-state index contributed by atoms with van der Waals surface area (Å²) in [6, 6.07) is 5.48. The van der Waals surface area contributed by atoms with E-state index in [9.17, 15) is 0 Å². The van der Waals surface area contributed by atoms with Gasteiger partial charge in [0, 0.05) is 0 Å². The molecule has 0 spiro atoms. The summed E-state index contributed by atoms with van der Waals surface area (Å²) in [6.07, 6.45) is 0. The Morgan fingerprint density at radius 1 is 1.47 bits per heavy atom. The number of hydrogen-bond acceptors (Lipinski definition) is 2. The van der Waals surface area contributed by atoms with Crippen LogP contribution >= 0.6 is 11.6 Å². The van der Waals surface area contributed by atoms with Gasteiger partial charge in [-0.3, -0.25) is 0 Å². The van der Waals surface area contributed by atoms with E-state index < -0.39 is 0 Å². The molecule has 0 unspecified atom stereocenters. The monoisotopic (exact) mass is 227 g/mol. The molecule has 0 fully saturated rings. The van der Waals surface area contributed by atoms with Crippen LogP contribution in [0.4, 0.5) is 0 Å². The molecule has 4 N–H and O–H groups in total. The van der Waals surface area contributed by atoms with Crippen LogP contribution in [0, 0.1) is 0 Å². The Morgan fingerprint density at radius 3 is 2.73 bits per heavy atom. The van der Waals surface area contributed by atoms with Crippen molar-refractivity contribution in [1.82, 2.24) is 0 Å². The van der Waals surface area contributed by atoms with Crippen molar-refractivity contribution in [3.63, 3.8) is 0 Å². The highest BCUT2D eigenvalue weighted by molar-refractivity contribution is 6.32. The molecule has 0 aromatic heterocycles. The Labute approximate surface area is 93.9 Å². The van der Waals surface area contributed by atoms with E-state index in [-0.39, 0.29) is 5.96 Å². The lowest BCUT2D eigenvalue weighted by atomic mass is 10.2. The van der Waals surface area contributed by atoms with E-state index in [4.69, 9.17) is 27.8 Å². The Kier molecular flexibility index (Phi) is 4.24. The minimum Gasteiger partial charge on any atom is -0.492 e. The van der Waals surface area contributed by atoms with Crippen LogP contribution in [0.5, 0.6) is 5.75 Å². The highest BCUT2D eigenvalue weighted by atomic mass is 35.5. The quantitative estimate of drug-likeness (QED) is 0.605. The van der Waals surface area contributed by atoms with Crippen molar-refractivity contribution in [3.05, 3.63) is 28.8 Å². The third-order valence-electron chi connectivity index (χ3n) is 1.74. The Bertz CT molecular complexity index is 362. The lowest BCUT2D eigenvalue weighted by Crippen LogP contribution is -2.22. The summed E-state index contributed by atoms with van der Waals surface area (Å²) in [5.41, 5.74) is 11.4. The van der Waals surface area contributed by atoms with E-state index in [1.165, 1.54) is 0 Å². The number of nitrogens with zero attached hydrogens (tertiary/aromatic N) is 1. The van der Waals surface area contributed by atoms with Gasteiger partial charge in [0.05, 0.1) is 18.2 Å². The minimum atomic E-state index is 0.0695. The molecule has 0 atom stereocenters. The summed E-state index contributed by atoms with van der Waals surface area (Å²) >= 11 is 5.99. The maximum Gasteiger partial charge on any atom is 0.186 e. The second kappa shape index (κ2) is 5.46. The van der Waals surface area contributed by atoms with Gasteiger partial charge in [0.1, 0.15) is 5.75 Å². The number of aliphatic imine (C=N–C) groups is 1. The van der Waals surface area contributed by atoms with Gasteiger partial charge in [0.2, 0.25) is 0 Å². The molecule has 82 valence electrons. The van der Waals surface area contributed by atoms with Crippen LogP contribution in [-0.2, 0) is 6.54 Å². The zero-order valence-corrected chi connectivity index (χ0v) is 9.29. The number of guanidine groups is 1. The molecule has 1 aromatic carbocycles. The SMILES string of the molecule is CCOc1ccc(CN=C(N)N)cc1Cl. The standard InChI is InChI=1S/C10H14ClN3O/c1-2-15-9-4-3-7(5-8(9)11)6-14-10(12)13/h3-5H,2,6H2,1H3,(H4,12,13,14). The number of halogens is 1. The van der Waals surface area contributed by atoms with E-state index in [0.29, 0.717) is 23.9 Å². The molecule has 0 bridgehead atoms. The van der Waals surface area contributed by atoms with Gasteiger partial charge in [0.25, 0.3) is 0 Å². The van der Waals surface area contributed by atoms with Crippen molar-refractivity contribution in [1.29, 1.82) is 0 Å². The average molecular weight is 228 g/mol. The summed E-state index contributed by atoms with van der Waals surface area (Å²) in [4.78, 5) is 3.88. The Morgan fingerprint density at radius 2 is 2.20 bits per heavy atom. The normalized spacial score (nSPS) is 9.73. The fourth-order valence-electron chi connectivity index (χ4n) is 1.10. The summed E-state index contributed by atoms with van der Waals surface area (Å²) < 4.78 is 5.30. The number of benzene rings is 1. The van der Waals surface area contributed by atoms with E-state index in [2.05, 4.69) is 4.99 Å². The predicted molar refractivity (Wildman–Crippen MR) is 62.1 cm³/mol. The molecule has 15 heavy (non-hydrogen) atoms. The number of hydrogen-bond donors (Lipinski definition) is 2. The van der Waals surface area contributed by atoms with E-state index >= 15 is 0 Å². The lowest BCUT2D eigenvalue weighted by molar-refractivity contribution is 0.340. The van der Waals surface area contributed by atoms with Gasteiger partial charge in [-0.15, -0.1) is 0 Å². The molecule has 0 saturated heterocycles. The van der Waals surface area contributed by atoms with Gasteiger partial charge in [-0.2, -0.15) is 0 Å². The van der Waals surface area contributed by atoms with Gasteiger partial charge in [-0.25, -0.2) is 4.99 Å². The molecule has 0 radical (unpaired) electrons. The first-order valence-corrected chi connectivity index (χ1v) is 4.98. The molecule has 0 aliphatic carbocycles. The molecule has 0 aliphatic heterocycles. The lowest BCUT2D eigenvalue weighted by Gasteiger charge is -2.06. The smallest absolute Gasteiger partial charge is 0.186 e. The summed E-state index contributed by atoms with van der Waals surface area (Å²) in [5.74, 6) is 0.743. The van der Waals surface area contributed by atoms with Crippen molar-refractivity contribution in [2.24, 2.45) is 16.5 Å². The fourth-order valence-corrected chi connectivity index (χ4v) is 1.36. The second-order valence-corrected chi connectivity index (χ2v) is 3.35. The molecule has 0 amide bonds. The second-order valence-electron chi connectivity index (χ2n) is 2.94. The average Bonchev–Trinajstić information content (AvgIpc) is 2.19. The van der Waals surface area contributed by atoms with Gasteiger partial charge >= 0.3 is 0 Å². The molecule has 1 aromatic rings.